The second-order valence-corrected chi connectivity index (χ2v) is 8.61. The number of piperidine rings is 1. The first-order valence-electron chi connectivity index (χ1n) is 7.27. The van der Waals surface area contributed by atoms with Crippen molar-refractivity contribution in [2.24, 2.45) is 11.8 Å². The zero-order valence-corrected chi connectivity index (χ0v) is 15.1. The molecule has 2 unspecified atom stereocenters. The van der Waals surface area contributed by atoms with Gasteiger partial charge in [-0.15, -0.1) is 0 Å². The number of rotatable bonds is 4. The van der Waals surface area contributed by atoms with Crippen molar-refractivity contribution in [2.75, 3.05) is 19.7 Å². The van der Waals surface area contributed by atoms with Crippen LogP contribution in [0, 0.1) is 11.8 Å². The molecule has 21 heavy (non-hydrogen) atoms. The van der Waals surface area contributed by atoms with Crippen LogP contribution in [0.5, 0.6) is 5.75 Å². The molecule has 0 aliphatic carbocycles. The Hall–Kier alpha value is -0.590. The highest BCUT2D eigenvalue weighted by Gasteiger charge is 2.33. The molecule has 0 saturated carbocycles. The van der Waals surface area contributed by atoms with E-state index in [4.69, 9.17) is 4.74 Å². The minimum absolute atomic E-state index is 0.250. The van der Waals surface area contributed by atoms with Gasteiger partial charge in [0.2, 0.25) is 10.0 Å². The molecule has 0 aromatic heterocycles. The van der Waals surface area contributed by atoms with Gasteiger partial charge < -0.3 is 4.74 Å². The van der Waals surface area contributed by atoms with E-state index >= 15 is 0 Å². The van der Waals surface area contributed by atoms with Gasteiger partial charge in [-0.05, 0) is 43.4 Å². The van der Waals surface area contributed by atoms with Crippen LogP contribution < -0.4 is 4.74 Å². The monoisotopic (exact) mass is 375 g/mol. The fraction of sp³-hybridized carbons (Fsp3) is 0.600. The summed E-state index contributed by atoms with van der Waals surface area (Å²) in [5.41, 5.74) is 0. The van der Waals surface area contributed by atoms with E-state index in [1.165, 1.54) is 0 Å². The van der Waals surface area contributed by atoms with Gasteiger partial charge in [0.05, 0.1) is 6.61 Å². The van der Waals surface area contributed by atoms with E-state index in [0.717, 1.165) is 10.9 Å². The fourth-order valence-corrected chi connectivity index (χ4v) is 5.25. The molecule has 0 bridgehead atoms. The average Bonchev–Trinajstić information content (AvgIpc) is 2.40. The highest BCUT2D eigenvalue weighted by Crippen LogP contribution is 2.33. The van der Waals surface area contributed by atoms with Crippen molar-refractivity contribution < 1.29 is 13.2 Å². The van der Waals surface area contributed by atoms with Crippen LogP contribution in [0.4, 0.5) is 0 Å². The molecule has 1 aliphatic heterocycles. The summed E-state index contributed by atoms with van der Waals surface area (Å²) >= 11 is 3.35. The third-order valence-electron chi connectivity index (χ3n) is 3.66. The van der Waals surface area contributed by atoms with Gasteiger partial charge in [0.15, 0.2) is 0 Å². The third-order valence-corrected chi connectivity index (χ3v) is 6.00. The molecule has 0 N–H and O–H groups in total. The molecular weight excluding hydrogens is 354 g/mol. The predicted octanol–water partition coefficient (Wildman–Crippen LogP) is 3.51. The molecule has 1 aliphatic rings. The largest absolute Gasteiger partial charge is 0.492 e. The number of nitrogens with zero attached hydrogens (tertiary/aromatic N) is 1. The third kappa shape index (κ3) is 3.79. The van der Waals surface area contributed by atoms with E-state index in [2.05, 4.69) is 29.8 Å². The minimum atomic E-state index is -3.52. The van der Waals surface area contributed by atoms with Crippen molar-refractivity contribution in [2.45, 2.75) is 32.1 Å². The normalized spacial score (nSPS) is 24.0. The summed E-state index contributed by atoms with van der Waals surface area (Å²) in [7, 11) is -3.52. The number of sulfonamides is 1. The molecule has 0 radical (unpaired) electrons. The van der Waals surface area contributed by atoms with E-state index in [1.54, 1.807) is 22.5 Å². The van der Waals surface area contributed by atoms with Crippen molar-refractivity contribution in [1.82, 2.24) is 4.31 Å². The summed E-state index contributed by atoms with van der Waals surface area (Å²) < 4.78 is 33.7. The quantitative estimate of drug-likeness (QED) is 0.808. The lowest BCUT2D eigenvalue weighted by Crippen LogP contribution is -2.42. The molecule has 0 amide bonds. The molecule has 1 aromatic rings. The van der Waals surface area contributed by atoms with Crippen LogP contribution in [0.1, 0.15) is 27.2 Å². The Labute approximate surface area is 135 Å². The standard InChI is InChI=1S/C15H22BrNO3S/c1-4-20-14-6-5-13(16)8-15(14)21(18,19)17-9-11(2)7-12(3)10-17/h5-6,8,11-12H,4,7,9-10H2,1-3H3. The lowest BCUT2D eigenvalue weighted by Gasteiger charge is -2.34. The average molecular weight is 376 g/mol. The topological polar surface area (TPSA) is 46.6 Å². The van der Waals surface area contributed by atoms with E-state index in [0.29, 0.717) is 37.3 Å². The second-order valence-electron chi connectivity index (χ2n) is 5.79. The van der Waals surface area contributed by atoms with Gasteiger partial charge in [0, 0.05) is 17.6 Å². The Bertz CT molecular complexity index is 593. The number of ether oxygens (including phenoxy) is 1. The highest BCUT2D eigenvalue weighted by molar-refractivity contribution is 9.10. The van der Waals surface area contributed by atoms with Gasteiger partial charge in [-0.25, -0.2) is 8.42 Å². The summed E-state index contributed by atoms with van der Waals surface area (Å²) in [6.07, 6.45) is 1.07. The molecule has 6 heteroatoms. The number of halogens is 1. The molecule has 0 spiro atoms. The molecular formula is C15H22BrNO3S. The van der Waals surface area contributed by atoms with Crippen LogP contribution in [-0.2, 0) is 10.0 Å². The van der Waals surface area contributed by atoms with Gasteiger partial charge in [0.25, 0.3) is 0 Å². The second kappa shape index (κ2) is 6.67. The molecule has 1 fully saturated rings. The Morgan fingerprint density at radius 2 is 1.90 bits per heavy atom. The summed E-state index contributed by atoms with van der Waals surface area (Å²) in [6.45, 7) is 7.64. The first-order chi connectivity index (χ1) is 9.84. The maximum Gasteiger partial charge on any atom is 0.246 e. The molecule has 1 saturated heterocycles. The van der Waals surface area contributed by atoms with Gasteiger partial charge >= 0.3 is 0 Å². The van der Waals surface area contributed by atoms with Gasteiger partial charge in [-0.1, -0.05) is 29.8 Å². The van der Waals surface area contributed by atoms with Crippen LogP contribution in [0.25, 0.3) is 0 Å². The molecule has 4 nitrogen and oxygen atoms in total. The summed E-state index contributed by atoms with van der Waals surface area (Å²) in [4.78, 5) is 0.250. The smallest absolute Gasteiger partial charge is 0.246 e. The van der Waals surface area contributed by atoms with E-state index in [1.807, 2.05) is 6.92 Å². The maximum atomic E-state index is 13.0. The fourth-order valence-electron chi connectivity index (χ4n) is 2.90. The minimum Gasteiger partial charge on any atom is -0.492 e. The first-order valence-corrected chi connectivity index (χ1v) is 9.50. The predicted molar refractivity (Wildman–Crippen MR) is 87.0 cm³/mol. The van der Waals surface area contributed by atoms with Crippen molar-refractivity contribution in [3.63, 3.8) is 0 Å². The summed E-state index contributed by atoms with van der Waals surface area (Å²) in [6, 6.07) is 5.13. The zero-order valence-electron chi connectivity index (χ0n) is 12.7. The molecule has 1 aromatic carbocycles. The Balaban J connectivity index is 2.41. The van der Waals surface area contributed by atoms with Crippen molar-refractivity contribution in [1.29, 1.82) is 0 Å². The maximum absolute atomic E-state index is 13.0. The van der Waals surface area contributed by atoms with Crippen molar-refractivity contribution in [3.05, 3.63) is 22.7 Å². The highest BCUT2D eigenvalue weighted by atomic mass is 79.9. The lowest BCUT2D eigenvalue weighted by molar-refractivity contribution is 0.222. The van der Waals surface area contributed by atoms with Gasteiger partial charge in [-0.3, -0.25) is 0 Å². The van der Waals surface area contributed by atoms with Crippen LogP contribution >= 0.6 is 15.9 Å². The Kier molecular flexibility index (Phi) is 5.33. The van der Waals surface area contributed by atoms with Gasteiger partial charge in [0.1, 0.15) is 10.6 Å². The number of benzene rings is 1. The van der Waals surface area contributed by atoms with Crippen molar-refractivity contribution in [3.8, 4) is 5.75 Å². The molecule has 118 valence electrons. The van der Waals surface area contributed by atoms with Crippen LogP contribution in [0.3, 0.4) is 0 Å². The van der Waals surface area contributed by atoms with Crippen molar-refractivity contribution >= 4 is 26.0 Å². The summed E-state index contributed by atoms with van der Waals surface area (Å²) in [5.74, 6) is 1.18. The molecule has 2 atom stereocenters. The number of hydrogen-bond donors (Lipinski definition) is 0. The van der Waals surface area contributed by atoms with E-state index < -0.39 is 10.0 Å². The Morgan fingerprint density at radius 1 is 1.29 bits per heavy atom. The van der Waals surface area contributed by atoms with Crippen LogP contribution in [0.15, 0.2) is 27.6 Å². The van der Waals surface area contributed by atoms with E-state index in [-0.39, 0.29) is 4.90 Å². The lowest BCUT2D eigenvalue weighted by atomic mass is 9.94. The molecule has 1 heterocycles. The summed E-state index contributed by atoms with van der Waals surface area (Å²) in [5, 5.41) is 0. The SMILES string of the molecule is CCOc1ccc(Br)cc1S(=O)(=O)N1CC(C)CC(C)C1. The first kappa shape index (κ1) is 16.8. The Morgan fingerprint density at radius 3 is 2.48 bits per heavy atom. The zero-order chi connectivity index (χ0) is 15.6. The number of hydrogen-bond acceptors (Lipinski definition) is 3. The van der Waals surface area contributed by atoms with Gasteiger partial charge in [-0.2, -0.15) is 4.31 Å². The molecule has 2 rings (SSSR count). The van der Waals surface area contributed by atoms with Crippen LogP contribution in [-0.4, -0.2) is 32.4 Å². The van der Waals surface area contributed by atoms with E-state index in [9.17, 15) is 8.42 Å². The van der Waals surface area contributed by atoms with Crippen LogP contribution in [0.2, 0.25) is 0 Å².